The van der Waals surface area contributed by atoms with E-state index in [1.165, 1.54) is 0 Å². The van der Waals surface area contributed by atoms with Crippen molar-refractivity contribution < 1.29 is 47.8 Å². The van der Waals surface area contributed by atoms with Gasteiger partial charge in [0.1, 0.15) is 31.6 Å². The Morgan fingerprint density at radius 2 is 1.04 bits per heavy atom. The van der Waals surface area contributed by atoms with E-state index >= 15 is 0 Å². The lowest BCUT2D eigenvalue weighted by molar-refractivity contribution is -0.157. The molecule has 5 rings (SSSR count). The fraction of sp³-hybridized carbons (Fsp3) is 0.314. The maximum absolute atomic E-state index is 13.2. The number of Topliss-reactive ketones (excluding diaryl/α,β-unsaturated/α-hetero) is 2. The summed E-state index contributed by atoms with van der Waals surface area (Å²) in [5.74, 6) is -5.39. The number of ketones is 2. The number of hydrogen-bond donors (Lipinski definition) is 4. The number of ether oxygens (including phenoxy) is 3. The molecule has 16 heteroatoms. The van der Waals surface area contributed by atoms with E-state index < -0.39 is 47.5 Å². The molecule has 0 saturated heterocycles. The number of carbonyl (C=O) groups excluding carboxylic acids is 7. The molecule has 0 radical (unpaired) electrons. The number of nitrogens with two attached hydrogens (primary N) is 2. The van der Waals surface area contributed by atoms with Gasteiger partial charge in [-0.05, 0) is 41.5 Å². The van der Waals surface area contributed by atoms with E-state index in [0.29, 0.717) is 32.1 Å². The van der Waals surface area contributed by atoms with Gasteiger partial charge in [-0.25, -0.2) is 14.8 Å². The Hall–Kier alpha value is -7.75. The predicted molar refractivity (Wildman–Crippen MR) is 248 cm³/mol. The third kappa shape index (κ3) is 17.6. The van der Waals surface area contributed by atoms with Crippen molar-refractivity contribution >= 4 is 52.9 Å². The fourth-order valence-electron chi connectivity index (χ4n) is 6.87. The van der Waals surface area contributed by atoms with Gasteiger partial charge in [0.2, 0.25) is 5.91 Å². The lowest BCUT2D eigenvalue weighted by Gasteiger charge is -2.17. The number of carbonyl (C=O) groups is 7. The molecule has 2 amide bonds. The van der Waals surface area contributed by atoms with E-state index in [-0.39, 0.29) is 87.3 Å². The number of rotatable bonds is 27. The second-order valence-electron chi connectivity index (χ2n) is 15.8. The van der Waals surface area contributed by atoms with Crippen molar-refractivity contribution in [3.8, 4) is 0 Å². The zero-order chi connectivity index (χ0) is 47.8. The van der Waals surface area contributed by atoms with Gasteiger partial charge in [0.05, 0.1) is 12.3 Å². The molecule has 1 heterocycles. The van der Waals surface area contributed by atoms with Gasteiger partial charge in [-0.1, -0.05) is 134 Å². The SMILES string of the molecule is Nc1nc(C(=O)NCCC(=O)N[C@H](CC(=O)CCc2ccccc2)C(=O)OCc2ccccc2)c(N)nc1C(=O)CCCCC[C@H](CC(=O)OCc1ccccc1)C(=O)OCc1ccccc1. The van der Waals surface area contributed by atoms with E-state index in [4.69, 9.17) is 25.7 Å². The summed E-state index contributed by atoms with van der Waals surface area (Å²) in [5.41, 5.74) is 14.9. The van der Waals surface area contributed by atoms with Crippen LogP contribution in [0.2, 0.25) is 0 Å². The van der Waals surface area contributed by atoms with Crippen LogP contribution in [0.3, 0.4) is 0 Å². The molecule has 2 atom stereocenters. The highest BCUT2D eigenvalue weighted by Gasteiger charge is 2.27. The maximum atomic E-state index is 13.2. The largest absolute Gasteiger partial charge is 0.461 e. The number of nitrogens with zero attached hydrogens (tertiary/aromatic N) is 2. The molecule has 0 unspecified atom stereocenters. The van der Waals surface area contributed by atoms with Gasteiger partial charge in [0, 0.05) is 32.2 Å². The number of aryl methyl sites for hydroxylation is 1. The van der Waals surface area contributed by atoms with Gasteiger partial charge < -0.3 is 36.3 Å². The normalized spacial score (nSPS) is 11.6. The number of nitrogen functional groups attached to an aromatic ring is 2. The van der Waals surface area contributed by atoms with E-state index in [0.717, 1.165) is 22.3 Å². The first-order valence-corrected chi connectivity index (χ1v) is 22.1. The molecule has 0 aliphatic rings. The molecule has 4 aromatic carbocycles. The summed E-state index contributed by atoms with van der Waals surface area (Å²) in [6, 6.07) is 35.5. The van der Waals surface area contributed by atoms with E-state index in [2.05, 4.69) is 20.6 Å². The topological polar surface area (TPSA) is 249 Å². The molecule has 6 N–H and O–H groups in total. The highest BCUT2D eigenvalue weighted by atomic mass is 16.5. The number of nitrogens with one attached hydrogen (secondary N) is 2. The quantitative estimate of drug-likeness (QED) is 0.0198. The zero-order valence-corrected chi connectivity index (χ0v) is 37.2. The lowest BCUT2D eigenvalue weighted by atomic mass is 9.97. The van der Waals surface area contributed by atoms with Crippen LogP contribution in [0.25, 0.3) is 0 Å². The number of anilines is 2. The van der Waals surface area contributed by atoms with Crippen molar-refractivity contribution in [3.05, 3.63) is 155 Å². The minimum absolute atomic E-state index is 0.0145. The van der Waals surface area contributed by atoms with Crippen molar-refractivity contribution in [1.29, 1.82) is 0 Å². The molecule has 0 spiro atoms. The van der Waals surface area contributed by atoms with E-state index in [1.807, 2.05) is 97.1 Å². The summed E-state index contributed by atoms with van der Waals surface area (Å²) in [6.45, 7) is -0.124. The first-order chi connectivity index (χ1) is 32.4. The number of aromatic nitrogens is 2. The molecule has 0 aliphatic carbocycles. The molecule has 350 valence electrons. The molecular formula is C51H56N6O10. The Labute approximate surface area is 389 Å². The third-order valence-corrected chi connectivity index (χ3v) is 10.5. The van der Waals surface area contributed by atoms with Crippen molar-refractivity contribution in [2.45, 2.75) is 90.1 Å². The van der Waals surface area contributed by atoms with Crippen LogP contribution in [0.4, 0.5) is 11.6 Å². The van der Waals surface area contributed by atoms with Gasteiger partial charge in [-0.15, -0.1) is 0 Å². The van der Waals surface area contributed by atoms with Crippen molar-refractivity contribution in [2.75, 3.05) is 18.0 Å². The minimum atomic E-state index is -1.26. The van der Waals surface area contributed by atoms with Crippen LogP contribution in [0, 0.1) is 5.92 Å². The van der Waals surface area contributed by atoms with Crippen LogP contribution in [0.1, 0.15) is 101 Å². The van der Waals surface area contributed by atoms with Crippen molar-refractivity contribution in [2.24, 2.45) is 5.92 Å². The van der Waals surface area contributed by atoms with Crippen LogP contribution in [0.5, 0.6) is 0 Å². The van der Waals surface area contributed by atoms with Crippen LogP contribution in [0.15, 0.2) is 121 Å². The van der Waals surface area contributed by atoms with Gasteiger partial charge >= 0.3 is 17.9 Å². The summed E-state index contributed by atoms with van der Waals surface area (Å²) in [5, 5.41) is 5.08. The summed E-state index contributed by atoms with van der Waals surface area (Å²) >= 11 is 0. The van der Waals surface area contributed by atoms with Gasteiger partial charge in [-0.2, -0.15) is 0 Å². The molecule has 0 fully saturated rings. The molecular weight excluding hydrogens is 857 g/mol. The minimum Gasteiger partial charge on any atom is -0.461 e. The Morgan fingerprint density at radius 1 is 0.537 bits per heavy atom. The van der Waals surface area contributed by atoms with E-state index in [1.54, 1.807) is 24.3 Å². The summed E-state index contributed by atoms with van der Waals surface area (Å²) in [7, 11) is 0. The Balaban J connectivity index is 1.07. The summed E-state index contributed by atoms with van der Waals surface area (Å²) in [4.78, 5) is 99.2. The first kappa shape index (κ1) is 50.3. The Morgan fingerprint density at radius 3 is 1.63 bits per heavy atom. The van der Waals surface area contributed by atoms with Crippen LogP contribution < -0.4 is 22.1 Å². The maximum Gasteiger partial charge on any atom is 0.329 e. The molecule has 5 aromatic rings. The third-order valence-electron chi connectivity index (χ3n) is 10.5. The zero-order valence-electron chi connectivity index (χ0n) is 37.2. The van der Waals surface area contributed by atoms with Gasteiger partial charge in [-0.3, -0.25) is 28.8 Å². The van der Waals surface area contributed by atoms with Crippen LogP contribution in [-0.4, -0.2) is 63.8 Å². The standard InChI is InChI=1S/C51H56N6O10/c52-47-45(42(59)25-15-5-14-24-39(50(63)66-33-37-20-10-3-11-21-37)30-44(61)65-32-36-18-8-2-9-19-36)56-48(53)46(57-47)49(62)54-29-28-43(60)55-41(51(64)67-34-38-22-12-4-13-23-38)31-40(58)27-26-35-16-6-1-7-17-35/h1-4,6-13,16-23,39,41H,5,14-15,24-34H2,(H2,52,57)(H2,53,56)(H,54,62)(H,55,60)/t39-,41-/m1/s1. The van der Waals surface area contributed by atoms with Crippen LogP contribution in [-0.2, 0) is 64.4 Å². The highest BCUT2D eigenvalue weighted by Crippen LogP contribution is 2.21. The summed E-state index contributed by atoms with van der Waals surface area (Å²) in [6.07, 6.45) is 1.63. The second kappa shape index (κ2) is 26.9. The Bertz CT molecular complexity index is 2420. The number of hydrogen-bond acceptors (Lipinski definition) is 14. The van der Waals surface area contributed by atoms with Crippen LogP contribution >= 0.6 is 0 Å². The number of esters is 3. The number of benzene rings is 4. The number of unbranched alkanes of at least 4 members (excludes halogenated alkanes) is 2. The van der Waals surface area contributed by atoms with Crippen molar-refractivity contribution in [3.63, 3.8) is 0 Å². The molecule has 0 saturated carbocycles. The lowest BCUT2D eigenvalue weighted by Crippen LogP contribution is -2.44. The summed E-state index contributed by atoms with van der Waals surface area (Å²) < 4.78 is 16.4. The fourth-order valence-corrected chi connectivity index (χ4v) is 6.87. The highest BCUT2D eigenvalue weighted by molar-refractivity contribution is 6.01. The monoisotopic (exact) mass is 912 g/mol. The molecule has 0 bridgehead atoms. The van der Waals surface area contributed by atoms with Gasteiger partial charge in [0.25, 0.3) is 5.91 Å². The molecule has 67 heavy (non-hydrogen) atoms. The van der Waals surface area contributed by atoms with Crippen molar-refractivity contribution in [1.82, 2.24) is 20.6 Å². The average molecular weight is 913 g/mol. The second-order valence-corrected chi connectivity index (χ2v) is 15.8. The average Bonchev–Trinajstić information content (AvgIpc) is 3.34. The molecule has 1 aromatic heterocycles. The smallest absolute Gasteiger partial charge is 0.329 e. The van der Waals surface area contributed by atoms with E-state index in [9.17, 15) is 33.6 Å². The van der Waals surface area contributed by atoms with Gasteiger partial charge in [0.15, 0.2) is 28.8 Å². The Kier molecular flexibility index (Phi) is 20.2. The number of amides is 2. The first-order valence-electron chi connectivity index (χ1n) is 22.1. The molecule has 0 aliphatic heterocycles. The predicted octanol–water partition coefficient (Wildman–Crippen LogP) is 6.21. The molecule has 16 nitrogen and oxygen atoms in total.